The van der Waals surface area contributed by atoms with E-state index in [-0.39, 0.29) is 12.4 Å². The van der Waals surface area contributed by atoms with Crippen LogP contribution in [0.2, 0.25) is 0 Å². The number of aliphatic hydroxyl groups excluding tert-OH is 1. The lowest BCUT2D eigenvalue weighted by Crippen LogP contribution is -2.30. The fourth-order valence-electron chi connectivity index (χ4n) is 2.73. The van der Waals surface area contributed by atoms with Gasteiger partial charge in [0.25, 0.3) is 0 Å². The third-order valence-corrected chi connectivity index (χ3v) is 4.27. The molecule has 0 aromatic carbocycles. The third-order valence-electron chi connectivity index (χ3n) is 3.73. The zero-order chi connectivity index (χ0) is 17.5. The van der Waals surface area contributed by atoms with Crippen LogP contribution >= 0.6 is 7.82 Å². The van der Waals surface area contributed by atoms with Gasteiger partial charge in [0.15, 0.2) is 12.2 Å². The summed E-state index contributed by atoms with van der Waals surface area (Å²) >= 11 is 0. The molecule has 134 valence electrons. The Morgan fingerprint density at radius 2 is 2.33 bits per heavy atom. The number of aromatic nitrogens is 2. The quantitative estimate of drug-likeness (QED) is 0.409. The van der Waals surface area contributed by atoms with Crippen LogP contribution in [0.15, 0.2) is 11.3 Å². The Labute approximate surface area is 136 Å². The molecule has 24 heavy (non-hydrogen) atoms. The van der Waals surface area contributed by atoms with Crippen LogP contribution in [0.1, 0.15) is 24.6 Å². The number of nitrogens with zero attached hydrogens (tertiary/aromatic N) is 3. The Morgan fingerprint density at radius 3 is 2.96 bits per heavy atom. The second kappa shape index (κ2) is 6.41. The SMILES string of the molecule is COC1N=C(N)Nc2c1ncn2[C@H]1C[C@H](OP(=O)(O)O)[C@@H](CO)O1. The molecule has 1 fully saturated rings. The van der Waals surface area contributed by atoms with E-state index in [1.165, 1.54) is 13.4 Å². The summed E-state index contributed by atoms with van der Waals surface area (Å²) in [6.45, 7) is -0.449. The van der Waals surface area contributed by atoms with Gasteiger partial charge in [0.05, 0.1) is 12.9 Å². The summed E-state index contributed by atoms with van der Waals surface area (Å²) in [5, 5.41) is 12.2. The van der Waals surface area contributed by atoms with Crippen molar-refractivity contribution in [1.82, 2.24) is 9.55 Å². The number of fused-ring (bicyclic) bond motifs is 1. The van der Waals surface area contributed by atoms with E-state index >= 15 is 0 Å². The minimum atomic E-state index is -4.71. The maximum atomic E-state index is 11.1. The van der Waals surface area contributed by atoms with Crippen molar-refractivity contribution in [1.29, 1.82) is 0 Å². The Kier molecular flexibility index (Phi) is 4.62. The number of methoxy groups -OCH3 is 1. The Hall–Kier alpha value is -1.53. The van der Waals surface area contributed by atoms with E-state index in [1.54, 1.807) is 4.57 Å². The zero-order valence-electron chi connectivity index (χ0n) is 12.6. The van der Waals surface area contributed by atoms with Gasteiger partial charge < -0.3 is 35.4 Å². The summed E-state index contributed by atoms with van der Waals surface area (Å²) in [5.41, 5.74) is 6.21. The highest BCUT2D eigenvalue weighted by Crippen LogP contribution is 2.44. The second-order valence-corrected chi connectivity index (χ2v) is 6.49. The number of hydrogen-bond acceptors (Lipinski definition) is 9. The van der Waals surface area contributed by atoms with Crippen LogP contribution in [0.4, 0.5) is 5.82 Å². The Bertz CT molecular complexity index is 688. The van der Waals surface area contributed by atoms with E-state index in [0.717, 1.165) is 0 Å². The van der Waals surface area contributed by atoms with Crippen LogP contribution in [-0.2, 0) is 18.6 Å². The summed E-state index contributed by atoms with van der Waals surface area (Å²) < 4.78 is 28.2. The zero-order valence-corrected chi connectivity index (χ0v) is 13.5. The van der Waals surface area contributed by atoms with Gasteiger partial charge in [0, 0.05) is 13.5 Å². The van der Waals surface area contributed by atoms with Crippen molar-refractivity contribution in [2.45, 2.75) is 31.1 Å². The average Bonchev–Trinajstić information content (AvgIpc) is 3.08. The number of nitrogens with two attached hydrogens (primary N) is 1. The number of guanidine groups is 1. The molecule has 13 heteroatoms. The molecule has 3 heterocycles. The standard InChI is InChI=1S/C11H18N5O7P/c1-21-10-8-9(14-11(12)15-10)16(4-13-8)7-2-5(6(3-17)22-7)23-24(18,19)20/h4-7,10,17H,2-3H2,1H3,(H3,12,14,15)(H2,18,19,20)/t5-,6+,7+,10?/m0/s1. The molecule has 0 aliphatic carbocycles. The van der Waals surface area contributed by atoms with Gasteiger partial charge in [-0.1, -0.05) is 0 Å². The predicted molar refractivity (Wildman–Crippen MR) is 79.8 cm³/mol. The van der Waals surface area contributed by atoms with E-state index in [2.05, 4.69) is 15.3 Å². The summed E-state index contributed by atoms with van der Waals surface area (Å²) in [4.78, 5) is 26.2. The van der Waals surface area contributed by atoms with Gasteiger partial charge in [-0.25, -0.2) is 14.5 Å². The molecule has 12 nitrogen and oxygen atoms in total. The van der Waals surface area contributed by atoms with Gasteiger partial charge in [0.1, 0.15) is 29.9 Å². The molecule has 1 unspecified atom stereocenters. The molecule has 0 saturated carbocycles. The van der Waals surface area contributed by atoms with Gasteiger partial charge in [-0.15, -0.1) is 0 Å². The normalized spacial score (nSPS) is 29.9. The van der Waals surface area contributed by atoms with Crippen molar-refractivity contribution < 1.29 is 33.5 Å². The highest BCUT2D eigenvalue weighted by molar-refractivity contribution is 7.46. The summed E-state index contributed by atoms with van der Waals surface area (Å²) in [7, 11) is -3.24. The number of aliphatic hydroxyl groups is 1. The number of phosphoric acid groups is 1. The Morgan fingerprint density at radius 1 is 1.58 bits per heavy atom. The van der Waals surface area contributed by atoms with E-state index in [9.17, 15) is 9.67 Å². The molecule has 0 bridgehead atoms. The molecule has 3 rings (SSSR count). The highest BCUT2D eigenvalue weighted by atomic mass is 31.2. The van der Waals surface area contributed by atoms with Crippen LogP contribution < -0.4 is 11.1 Å². The maximum Gasteiger partial charge on any atom is 0.469 e. The predicted octanol–water partition coefficient (Wildman–Crippen LogP) is -0.974. The second-order valence-electron chi connectivity index (χ2n) is 5.29. The number of nitrogens with one attached hydrogen (secondary N) is 1. The molecule has 0 radical (unpaired) electrons. The van der Waals surface area contributed by atoms with Gasteiger partial charge in [0.2, 0.25) is 0 Å². The number of rotatable bonds is 5. The fraction of sp³-hybridized carbons (Fsp3) is 0.636. The molecule has 0 spiro atoms. The van der Waals surface area contributed by atoms with Crippen molar-refractivity contribution in [3.05, 3.63) is 12.0 Å². The van der Waals surface area contributed by atoms with Crippen molar-refractivity contribution in [3.63, 3.8) is 0 Å². The number of aliphatic imine (C=N–C) groups is 1. The highest BCUT2D eigenvalue weighted by Gasteiger charge is 2.41. The lowest BCUT2D eigenvalue weighted by molar-refractivity contribution is -0.0431. The Balaban J connectivity index is 1.84. The number of anilines is 1. The van der Waals surface area contributed by atoms with Crippen molar-refractivity contribution in [3.8, 4) is 0 Å². The summed E-state index contributed by atoms with van der Waals surface area (Å²) in [6, 6.07) is 0. The summed E-state index contributed by atoms with van der Waals surface area (Å²) in [5.74, 6) is 0.628. The summed E-state index contributed by atoms with van der Waals surface area (Å²) in [6.07, 6.45) is -1.60. The molecule has 1 aromatic heterocycles. The first-order valence-corrected chi connectivity index (χ1v) is 8.55. The van der Waals surface area contributed by atoms with Crippen molar-refractivity contribution in [2.24, 2.45) is 10.7 Å². The third kappa shape index (κ3) is 3.30. The largest absolute Gasteiger partial charge is 0.469 e. The van der Waals surface area contributed by atoms with Gasteiger partial charge in [-0.3, -0.25) is 9.09 Å². The van der Waals surface area contributed by atoms with E-state index in [0.29, 0.717) is 11.5 Å². The first-order chi connectivity index (χ1) is 11.3. The van der Waals surface area contributed by atoms with Crippen LogP contribution in [0.5, 0.6) is 0 Å². The molecule has 1 aromatic rings. The first kappa shape index (κ1) is 17.3. The fourth-order valence-corrected chi connectivity index (χ4v) is 3.31. The molecule has 6 N–H and O–H groups in total. The van der Waals surface area contributed by atoms with Crippen LogP contribution in [0.3, 0.4) is 0 Å². The van der Waals surface area contributed by atoms with Crippen LogP contribution in [0.25, 0.3) is 0 Å². The van der Waals surface area contributed by atoms with Crippen LogP contribution in [-0.4, -0.2) is 56.3 Å². The van der Waals surface area contributed by atoms with E-state index in [4.69, 9.17) is 29.5 Å². The molecular weight excluding hydrogens is 345 g/mol. The van der Waals surface area contributed by atoms with Gasteiger partial charge in [-0.05, 0) is 0 Å². The first-order valence-electron chi connectivity index (χ1n) is 7.02. The molecule has 1 saturated heterocycles. The topological polar surface area (TPSA) is 174 Å². The van der Waals surface area contributed by atoms with Crippen LogP contribution in [0, 0.1) is 0 Å². The number of phosphoric ester groups is 1. The molecule has 4 atom stereocenters. The average molecular weight is 363 g/mol. The molecular formula is C11H18N5O7P. The monoisotopic (exact) mass is 363 g/mol. The molecule has 0 amide bonds. The lowest BCUT2D eigenvalue weighted by Gasteiger charge is -2.22. The maximum absolute atomic E-state index is 11.1. The molecule has 2 aliphatic heterocycles. The number of ether oxygens (including phenoxy) is 2. The number of hydrogen-bond donors (Lipinski definition) is 5. The molecule has 2 aliphatic rings. The van der Waals surface area contributed by atoms with Crippen molar-refractivity contribution in [2.75, 3.05) is 19.0 Å². The lowest BCUT2D eigenvalue weighted by atomic mass is 10.2. The van der Waals surface area contributed by atoms with Gasteiger partial charge >= 0.3 is 7.82 Å². The minimum absolute atomic E-state index is 0.107. The van der Waals surface area contributed by atoms with Gasteiger partial charge in [-0.2, -0.15) is 0 Å². The smallest absolute Gasteiger partial charge is 0.394 e. The number of imidazole rings is 1. The van der Waals surface area contributed by atoms with E-state index < -0.39 is 39.1 Å². The minimum Gasteiger partial charge on any atom is -0.394 e. The van der Waals surface area contributed by atoms with E-state index in [1.807, 2.05) is 0 Å². The van der Waals surface area contributed by atoms with Crippen molar-refractivity contribution >= 4 is 19.6 Å².